The van der Waals surface area contributed by atoms with Gasteiger partial charge in [0.15, 0.2) is 0 Å². The van der Waals surface area contributed by atoms with Gasteiger partial charge in [0, 0.05) is 0 Å². The zero-order valence-electron chi connectivity index (χ0n) is 12.1. The highest BCUT2D eigenvalue weighted by Crippen LogP contribution is 2.42. The van der Waals surface area contributed by atoms with E-state index in [1.165, 1.54) is 23.1 Å². The van der Waals surface area contributed by atoms with Gasteiger partial charge in [0.1, 0.15) is 4.88 Å². The molecule has 0 fully saturated rings. The van der Waals surface area contributed by atoms with E-state index in [0.29, 0.717) is 23.8 Å². The molecule has 0 saturated carbocycles. The Kier molecular flexibility index (Phi) is 4.49. The van der Waals surface area contributed by atoms with Crippen molar-refractivity contribution < 1.29 is 14.3 Å². The highest BCUT2D eigenvalue weighted by Gasteiger charge is 2.28. The number of benzene rings is 1. The van der Waals surface area contributed by atoms with Gasteiger partial charge >= 0.3 is 5.97 Å². The van der Waals surface area contributed by atoms with Gasteiger partial charge in [-0.2, -0.15) is 0 Å². The lowest BCUT2D eigenvalue weighted by Gasteiger charge is -2.26. The molecular formula is C16H15NO3S2. The van der Waals surface area contributed by atoms with E-state index in [2.05, 4.69) is 0 Å². The number of hydrogen-bond acceptors (Lipinski definition) is 5. The van der Waals surface area contributed by atoms with Crippen molar-refractivity contribution in [2.24, 2.45) is 0 Å². The summed E-state index contributed by atoms with van der Waals surface area (Å²) < 4.78 is 6.04. The summed E-state index contributed by atoms with van der Waals surface area (Å²) in [7, 11) is 0. The van der Waals surface area contributed by atoms with E-state index in [-0.39, 0.29) is 11.9 Å². The van der Waals surface area contributed by atoms with E-state index in [9.17, 15) is 9.59 Å². The smallest absolute Gasteiger partial charge is 0.348 e. The number of esters is 1. The summed E-state index contributed by atoms with van der Waals surface area (Å²) in [4.78, 5) is 26.4. The molecule has 2 heterocycles. The Morgan fingerprint density at radius 2 is 2.09 bits per heavy atom. The van der Waals surface area contributed by atoms with E-state index in [1.54, 1.807) is 17.9 Å². The molecule has 4 nitrogen and oxygen atoms in total. The molecule has 0 radical (unpaired) electrons. The first-order valence-corrected chi connectivity index (χ1v) is 8.77. The summed E-state index contributed by atoms with van der Waals surface area (Å²) in [6.07, 6.45) is 0. The Morgan fingerprint density at radius 1 is 1.32 bits per heavy atom. The van der Waals surface area contributed by atoms with Gasteiger partial charge in [-0.05, 0) is 18.6 Å². The number of hydrogen-bond donors (Lipinski definition) is 0. The van der Waals surface area contributed by atoms with Gasteiger partial charge in [-0.1, -0.05) is 30.3 Å². The van der Waals surface area contributed by atoms with Crippen molar-refractivity contribution in [3.63, 3.8) is 0 Å². The summed E-state index contributed by atoms with van der Waals surface area (Å²) in [6.45, 7) is 2.65. The van der Waals surface area contributed by atoms with Gasteiger partial charge < -0.3 is 9.64 Å². The maximum Gasteiger partial charge on any atom is 0.348 e. The summed E-state index contributed by atoms with van der Waals surface area (Å²) in [6, 6.07) is 11.6. The molecule has 1 amide bonds. The Hall–Kier alpha value is -1.79. The minimum Gasteiger partial charge on any atom is -0.462 e. The van der Waals surface area contributed by atoms with Gasteiger partial charge in [0.2, 0.25) is 5.91 Å². The third kappa shape index (κ3) is 3.03. The maximum atomic E-state index is 12.3. The van der Waals surface area contributed by atoms with Crippen molar-refractivity contribution in [2.45, 2.75) is 17.7 Å². The molecule has 0 saturated heterocycles. The van der Waals surface area contributed by atoms with Gasteiger partial charge in [0.25, 0.3) is 0 Å². The van der Waals surface area contributed by atoms with E-state index in [0.717, 1.165) is 15.5 Å². The van der Waals surface area contributed by atoms with Crippen molar-refractivity contribution >= 4 is 40.7 Å². The SMILES string of the molecule is CCOC(=O)c1cc2c(s1)SCC(=O)N2Cc1ccccc1. The predicted molar refractivity (Wildman–Crippen MR) is 88.6 cm³/mol. The molecule has 0 bridgehead atoms. The minimum absolute atomic E-state index is 0.0644. The van der Waals surface area contributed by atoms with Crippen LogP contribution in [-0.2, 0) is 16.1 Å². The number of thiophene rings is 1. The lowest BCUT2D eigenvalue weighted by atomic mass is 10.2. The minimum atomic E-state index is -0.324. The molecule has 22 heavy (non-hydrogen) atoms. The summed E-state index contributed by atoms with van der Waals surface area (Å²) >= 11 is 2.88. The summed E-state index contributed by atoms with van der Waals surface area (Å²) in [5.41, 5.74) is 1.88. The van der Waals surface area contributed by atoms with Gasteiger partial charge in [-0.25, -0.2) is 4.79 Å². The Balaban J connectivity index is 1.89. The van der Waals surface area contributed by atoms with Crippen LogP contribution < -0.4 is 4.90 Å². The number of ether oxygens (including phenoxy) is 1. The fourth-order valence-corrected chi connectivity index (χ4v) is 4.43. The monoisotopic (exact) mass is 333 g/mol. The van der Waals surface area contributed by atoms with Crippen molar-refractivity contribution in [3.8, 4) is 0 Å². The van der Waals surface area contributed by atoms with E-state index in [4.69, 9.17) is 4.74 Å². The van der Waals surface area contributed by atoms with Crippen LogP contribution in [-0.4, -0.2) is 24.2 Å². The summed E-state index contributed by atoms with van der Waals surface area (Å²) in [5, 5.41) is 0. The van der Waals surface area contributed by atoms with Crippen LogP contribution in [0.15, 0.2) is 40.6 Å². The average Bonchev–Trinajstić information content (AvgIpc) is 2.96. The molecule has 0 unspecified atom stereocenters. The molecule has 114 valence electrons. The Bertz CT molecular complexity index is 697. The first-order valence-electron chi connectivity index (χ1n) is 6.97. The fraction of sp³-hybridized carbons (Fsp3) is 0.250. The average molecular weight is 333 g/mol. The van der Waals surface area contributed by atoms with Crippen LogP contribution in [0, 0.1) is 0 Å². The van der Waals surface area contributed by atoms with E-state index in [1.807, 2.05) is 30.3 Å². The standard InChI is InChI=1S/C16H15NO3S2/c1-2-20-15(19)13-8-12-16(22-13)21-10-14(18)17(12)9-11-6-4-3-5-7-11/h3-8H,2,9-10H2,1H3. The van der Waals surface area contributed by atoms with E-state index >= 15 is 0 Å². The third-order valence-electron chi connectivity index (χ3n) is 3.26. The number of anilines is 1. The van der Waals surface area contributed by atoms with Gasteiger partial charge in [-0.3, -0.25) is 4.79 Å². The second-order valence-electron chi connectivity index (χ2n) is 4.76. The second kappa shape index (κ2) is 6.54. The Labute approximate surface area is 137 Å². The molecule has 0 aliphatic carbocycles. The topological polar surface area (TPSA) is 46.6 Å². The molecule has 1 aliphatic heterocycles. The zero-order valence-corrected chi connectivity index (χ0v) is 13.7. The maximum absolute atomic E-state index is 12.3. The number of amides is 1. The van der Waals surface area contributed by atoms with Crippen molar-refractivity contribution in [1.82, 2.24) is 0 Å². The molecule has 2 aromatic rings. The molecule has 1 aromatic carbocycles. The molecule has 0 atom stereocenters. The van der Waals surface area contributed by atoms with Crippen LogP contribution in [0.3, 0.4) is 0 Å². The molecule has 6 heteroatoms. The number of rotatable bonds is 4. The number of carbonyl (C=O) groups is 2. The van der Waals surface area contributed by atoms with Gasteiger partial charge in [0.05, 0.1) is 28.8 Å². The first kappa shape index (κ1) is 15.1. The highest BCUT2D eigenvalue weighted by molar-refractivity contribution is 8.02. The van der Waals surface area contributed by atoms with Crippen LogP contribution in [0.5, 0.6) is 0 Å². The molecule has 0 N–H and O–H groups in total. The van der Waals surface area contributed by atoms with Crippen LogP contribution >= 0.6 is 23.1 Å². The lowest BCUT2D eigenvalue weighted by Crippen LogP contribution is -2.34. The predicted octanol–water partition coefficient (Wildman–Crippen LogP) is 3.56. The molecule has 0 spiro atoms. The lowest BCUT2D eigenvalue weighted by molar-refractivity contribution is -0.116. The number of nitrogens with zero attached hydrogens (tertiary/aromatic N) is 1. The van der Waals surface area contributed by atoms with Crippen molar-refractivity contribution in [1.29, 1.82) is 0 Å². The number of thioether (sulfide) groups is 1. The van der Waals surface area contributed by atoms with Crippen LogP contribution in [0.4, 0.5) is 5.69 Å². The van der Waals surface area contributed by atoms with Crippen LogP contribution in [0.25, 0.3) is 0 Å². The Morgan fingerprint density at radius 3 is 2.82 bits per heavy atom. The molecule has 1 aliphatic rings. The van der Waals surface area contributed by atoms with Crippen LogP contribution in [0.2, 0.25) is 0 Å². The largest absolute Gasteiger partial charge is 0.462 e. The summed E-state index contributed by atoms with van der Waals surface area (Å²) in [5.74, 6) is 0.145. The molecular weight excluding hydrogens is 318 g/mol. The number of fused-ring (bicyclic) bond motifs is 1. The van der Waals surface area contributed by atoms with Crippen molar-refractivity contribution in [3.05, 3.63) is 46.8 Å². The molecule has 1 aromatic heterocycles. The third-order valence-corrected chi connectivity index (χ3v) is 5.62. The van der Waals surface area contributed by atoms with Crippen LogP contribution in [0.1, 0.15) is 22.2 Å². The fourth-order valence-electron chi connectivity index (χ4n) is 2.24. The zero-order chi connectivity index (χ0) is 15.5. The number of carbonyl (C=O) groups excluding carboxylic acids is 2. The van der Waals surface area contributed by atoms with Crippen molar-refractivity contribution in [2.75, 3.05) is 17.3 Å². The second-order valence-corrected chi connectivity index (χ2v) is 7.05. The van der Waals surface area contributed by atoms with Gasteiger partial charge in [-0.15, -0.1) is 23.1 Å². The molecule has 3 rings (SSSR count). The van der Waals surface area contributed by atoms with E-state index < -0.39 is 0 Å². The first-order chi connectivity index (χ1) is 10.7. The highest BCUT2D eigenvalue weighted by atomic mass is 32.2. The normalized spacial score (nSPS) is 13.9. The quantitative estimate of drug-likeness (QED) is 0.803.